The number of rotatable bonds is 5. The average molecular weight is 382 g/mol. The maximum atomic E-state index is 13.1. The van der Waals surface area contributed by atoms with Gasteiger partial charge in [-0.3, -0.25) is 14.5 Å². The van der Waals surface area contributed by atoms with Crippen LogP contribution in [0, 0.1) is 0 Å². The summed E-state index contributed by atoms with van der Waals surface area (Å²) in [4.78, 5) is 31.5. The molecule has 2 heterocycles. The molecule has 0 radical (unpaired) electrons. The molecule has 1 aliphatic rings. The number of nitrogens with one attached hydrogen (secondary N) is 1. The van der Waals surface area contributed by atoms with Gasteiger partial charge in [0.15, 0.2) is 17.7 Å². The van der Waals surface area contributed by atoms with Crippen molar-refractivity contribution in [2.45, 2.75) is 52.7 Å². The van der Waals surface area contributed by atoms with Gasteiger partial charge in [-0.15, -0.1) is 0 Å². The number of hydrogen-bond donors (Lipinski definition) is 2. The van der Waals surface area contributed by atoms with Crippen LogP contribution in [0.4, 0.5) is 17.3 Å². The third-order valence-electron chi connectivity index (χ3n) is 4.99. The molecule has 0 spiro atoms. The molecule has 0 bridgehead atoms. The van der Waals surface area contributed by atoms with Gasteiger partial charge in [0.1, 0.15) is 11.9 Å². The van der Waals surface area contributed by atoms with E-state index in [0.29, 0.717) is 5.75 Å². The number of pyridine rings is 1. The van der Waals surface area contributed by atoms with Crippen molar-refractivity contribution in [1.29, 1.82) is 0 Å². The fourth-order valence-electron chi connectivity index (χ4n) is 3.38. The maximum Gasteiger partial charge on any atom is 0.269 e. The minimum atomic E-state index is -0.776. The Labute approximate surface area is 164 Å². The van der Waals surface area contributed by atoms with E-state index in [9.17, 15) is 9.59 Å². The summed E-state index contributed by atoms with van der Waals surface area (Å²) in [6.07, 6.45) is 0.890. The summed E-state index contributed by atoms with van der Waals surface area (Å²) in [6, 6.07) is 8.49. The second kappa shape index (κ2) is 7.88. The van der Waals surface area contributed by atoms with Gasteiger partial charge in [-0.1, -0.05) is 32.0 Å². The van der Waals surface area contributed by atoms with Crippen molar-refractivity contribution in [3.8, 4) is 5.75 Å². The molecule has 1 aromatic carbocycles. The largest absolute Gasteiger partial charge is 0.477 e. The van der Waals surface area contributed by atoms with Crippen LogP contribution >= 0.6 is 0 Å². The molecule has 3 rings (SSSR count). The lowest BCUT2D eigenvalue weighted by Gasteiger charge is -2.35. The first kappa shape index (κ1) is 19.7. The van der Waals surface area contributed by atoms with Crippen LogP contribution in [0.3, 0.4) is 0 Å². The van der Waals surface area contributed by atoms with Crippen LogP contribution in [0.5, 0.6) is 5.75 Å². The van der Waals surface area contributed by atoms with Gasteiger partial charge < -0.3 is 15.8 Å². The van der Waals surface area contributed by atoms with Gasteiger partial charge in [-0.2, -0.15) is 0 Å². The molecule has 1 aromatic heterocycles. The molecule has 148 valence electrons. The molecule has 2 amide bonds. The zero-order chi connectivity index (χ0) is 20.4. The topological polar surface area (TPSA) is 97.5 Å². The highest BCUT2D eigenvalue weighted by Crippen LogP contribution is 2.34. The normalized spacial score (nSPS) is 16.9. The Morgan fingerprint density at radius 1 is 1.25 bits per heavy atom. The number of aromatic nitrogens is 1. The number of fused-ring (bicyclic) bond motifs is 1. The molecule has 0 fully saturated rings. The van der Waals surface area contributed by atoms with Crippen LogP contribution in [0.15, 0.2) is 30.3 Å². The summed E-state index contributed by atoms with van der Waals surface area (Å²) in [5.41, 5.74) is 8.73. The quantitative estimate of drug-likeness (QED) is 0.829. The van der Waals surface area contributed by atoms with E-state index in [-0.39, 0.29) is 23.5 Å². The van der Waals surface area contributed by atoms with E-state index in [4.69, 9.17) is 10.5 Å². The Balaban J connectivity index is 1.94. The average Bonchev–Trinajstić information content (AvgIpc) is 2.69. The SMILES string of the molecule is CCc1cccc(CC)c1NC(=O)C(C)N1C(=O)C(C)Oc2ccc(N)nc21. The van der Waals surface area contributed by atoms with Crippen molar-refractivity contribution < 1.29 is 14.3 Å². The Kier molecular flexibility index (Phi) is 5.53. The highest BCUT2D eigenvalue weighted by atomic mass is 16.5. The zero-order valence-electron chi connectivity index (χ0n) is 16.7. The number of para-hydroxylation sites is 1. The lowest BCUT2D eigenvalue weighted by atomic mass is 10.0. The Hall–Kier alpha value is -3.09. The molecule has 2 atom stereocenters. The third kappa shape index (κ3) is 3.52. The summed E-state index contributed by atoms with van der Waals surface area (Å²) >= 11 is 0. The lowest BCUT2D eigenvalue weighted by molar-refractivity contribution is -0.128. The molecule has 0 saturated carbocycles. The fourth-order valence-corrected chi connectivity index (χ4v) is 3.38. The van der Waals surface area contributed by atoms with Crippen LogP contribution in [-0.4, -0.2) is 28.9 Å². The predicted molar refractivity (Wildman–Crippen MR) is 110 cm³/mol. The second-order valence-electron chi connectivity index (χ2n) is 6.85. The van der Waals surface area contributed by atoms with E-state index < -0.39 is 12.1 Å². The number of ether oxygens (including phenoxy) is 1. The van der Waals surface area contributed by atoms with E-state index in [2.05, 4.69) is 10.3 Å². The highest BCUT2D eigenvalue weighted by Gasteiger charge is 2.38. The monoisotopic (exact) mass is 382 g/mol. The number of nitrogen functional groups attached to an aromatic ring is 1. The van der Waals surface area contributed by atoms with Gasteiger partial charge in [0.05, 0.1) is 0 Å². The summed E-state index contributed by atoms with van der Waals surface area (Å²) in [7, 11) is 0. The number of nitrogens with zero attached hydrogens (tertiary/aromatic N) is 2. The standard InChI is InChI=1S/C21H26N4O3/c1-5-14-8-7-9-15(6-2)18(14)24-20(26)12(3)25-19-16(10-11-17(22)23-19)28-13(4)21(25)27/h7-13H,5-6H2,1-4H3,(H2,22,23)(H,24,26). The van der Waals surface area contributed by atoms with Gasteiger partial charge in [-0.25, -0.2) is 4.98 Å². The van der Waals surface area contributed by atoms with Crippen molar-refractivity contribution in [2.75, 3.05) is 16.0 Å². The minimum absolute atomic E-state index is 0.256. The van der Waals surface area contributed by atoms with E-state index >= 15 is 0 Å². The first-order valence-electron chi connectivity index (χ1n) is 9.55. The van der Waals surface area contributed by atoms with Crippen LogP contribution in [0.2, 0.25) is 0 Å². The molecule has 2 aromatic rings. The summed E-state index contributed by atoms with van der Waals surface area (Å²) in [5, 5.41) is 3.03. The van der Waals surface area contributed by atoms with Crippen molar-refractivity contribution in [1.82, 2.24) is 4.98 Å². The molecule has 2 unspecified atom stereocenters. The van der Waals surface area contributed by atoms with E-state index in [1.54, 1.807) is 26.0 Å². The minimum Gasteiger partial charge on any atom is -0.477 e. The molecule has 0 aliphatic carbocycles. The van der Waals surface area contributed by atoms with Gasteiger partial charge in [0.2, 0.25) is 5.91 Å². The van der Waals surface area contributed by atoms with Crippen molar-refractivity contribution in [3.63, 3.8) is 0 Å². The van der Waals surface area contributed by atoms with Crippen LogP contribution in [0.25, 0.3) is 0 Å². The van der Waals surface area contributed by atoms with Crippen LogP contribution < -0.4 is 20.7 Å². The molecule has 0 saturated heterocycles. The number of nitrogens with two attached hydrogens (primary N) is 1. The van der Waals surface area contributed by atoms with Crippen LogP contribution in [0.1, 0.15) is 38.8 Å². The highest BCUT2D eigenvalue weighted by molar-refractivity contribution is 6.07. The Morgan fingerprint density at radius 3 is 2.50 bits per heavy atom. The summed E-state index contributed by atoms with van der Waals surface area (Å²) in [5.74, 6) is 0.349. The van der Waals surface area contributed by atoms with Crippen molar-refractivity contribution in [2.24, 2.45) is 0 Å². The number of carbonyl (C=O) groups is 2. The van der Waals surface area contributed by atoms with Gasteiger partial charge >= 0.3 is 0 Å². The first-order chi connectivity index (χ1) is 13.4. The zero-order valence-corrected chi connectivity index (χ0v) is 16.7. The number of anilines is 3. The van der Waals surface area contributed by atoms with E-state index in [0.717, 1.165) is 29.7 Å². The molecule has 7 nitrogen and oxygen atoms in total. The summed E-state index contributed by atoms with van der Waals surface area (Å²) in [6.45, 7) is 7.43. The van der Waals surface area contributed by atoms with Gasteiger partial charge in [0.25, 0.3) is 5.91 Å². The van der Waals surface area contributed by atoms with Crippen molar-refractivity contribution in [3.05, 3.63) is 41.5 Å². The number of hydrogen-bond acceptors (Lipinski definition) is 5. The number of aryl methyl sites for hydroxylation is 2. The Morgan fingerprint density at radius 2 is 1.89 bits per heavy atom. The first-order valence-corrected chi connectivity index (χ1v) is 9.55. The maximum absolute atomic E-state index is 13.1. The predicted octanol–water partition coefficient (Wildman–Crippen LogP) is 2.93. The number of benzene rings is 1. The smallest absolute Gasteiger partial charge is 0.269 e. The second-order valence-corrected chi connectivity index (χ2v) is 6.85. The van der Waals surface area contributed by atoms with Gasteiger partial charge in [0, 0.05) is 5.69 Å². The van der Waals surface area contributed by atoms with E-state index in [1.807, 2.05) is 32.0 Å². The summed E-state index contributed by atoms with van der Waals surface area (Å²) < 4.78 is 5.61. The van der Waals surface area contributed by atoms with Crippen molar-refractivity contribution >= 4 is 29.1 Å². The van der Waals surface area contributed by atoms with Gasteiger partial charge in [-0.05, 0) is 49.9 Å². The Bertz CT molecular complexity index is 890. The lowest BCUT2D eigenvalue weighted by Crippen LogP contribution is -2.53. The molecule has 7 heteroatoms. The molecule has 28 heavy (non-hydrogen) atoms. The molecule has 3 N–H and O–H groups in total. The fraction of sp³-hybridized carbons (Fsp3) is 0.381. The third-order valence-corrected chi connectivity index (χ3v) is 4.99. The van der Waals surface area contributed by atoms with Crippen LogP contribution in [-0.2, 0) is 22.4 Å². The molecular weight excluding hydrogens is 356 g/mol. The van der Waals surface area contributed by atoms with E-state index in [1.165, 1.54) is 4.90 Å². The number of carbonyl (C=O) groups excluding carboxylic acids is 2. The number of amides is 2. The molecule has 1 aliphatic heterocycles. The molecular formula is C21H26N4O3.